The van der Waals surface area contributed by atoms with E-state index in [2.05, 4.69) is 39.0 Å². The Hall–Kier alpha value is -2.38. The highest BCUT2D eigenvalue weighted by Crippen LogP contribution is 2.11. The zero-order valence-corrected chi connectivity index (χ0v) is 16.5. The van der Waals surface area contributed by atoms with Crippen molar-refractivity contribution >= 4 is 16.0 Å². The van der Waals surface area contributed by atoms with Gasteiger partial charge in [-0.05, 0) is 42.8 Å². The summed E-state index contributed by atoms with van der Waals surface area (Å²) in [5, 5.41) is 3.31. The molecule has 0 aliphatic rings. The largest absolute Gasteiger partial charge is 0.352 e. The molecule has 0 amide bonds. The average Bonchev–Trinajstić information content (AvgIpc) is 2.64. The third-order valence-corrected chi connectivity index (χ3v) is 5.63. The summed E-state index contributed by atoms with van der Waals surface area (Å²) in [7, 11) is 1.74. The molecular weight excluding hydrogens is 348 g/mol. The fourth-order valence-electron chi connectivity index (χ4n) is 2.59. The second-order valence-corrected chi connectivity index (χ2v) is 7.92. The standard InChI is InChI=1S/C19H26N4O2S/c1-15-7-5-6-8-17(15)14-23(4)19(20-2)22-13-16-9-11-18(12-10-16)26(24,25)21-3/h5-12,21H,13-14H2,1-4H3,(H,20,22). The lowest BCUT2D eigenvalue weighted by molar-refractivity contribution is 0.475. The minimum Gasteiger partial charge on any atom is -0.352 e. The van der Waals surface area contributed by atoms with Crippen LogP contribution in [0.1, 0.15) is 16.7 Å². The van der Waals surface area contributed by atoms with Crippen molar-refractivity contribution in [1.82, 2.24) is 14.9 Å². The molecule has 0 fully saturated rings. The van der Waals surface area contributed by atoms with Crippen LogP contribution in [0.4, 0.5) is 0 Å². The van der Waals surface area contributed by atoms with Crippen LogP contribution in [0.2, 0.25) is 0 Å². The Morgan fingerprint density at radius 3 is 2.35 bits per heavy atom. The highest BCUT2D eigenvalue weighted by Gasteiger charge is 2.11. The lowest BCUT2D eigenvalue weighted by Crippen LogP contribution is -2.38. The first-order valence-corrected chi connectivity index (χ1v) is 9.84. The Balaban J connectivity index is 1.99. The number of guanidine groups is 1. The van der Waals surface area contributed by atoms with Gasteiger partial charge in [-0.15, -0.1) is 0 Å². The monoisotopic (exact) mass is 374 g/mol. The molecule has 0 bridgehead atoms. The molecule has 0 radical (unpaired) electrons. The number of nitrogens with one attached hydrogen (secondary N) is 2. The van der Waals surface area contributed by atoms with E-state index in [9.17, 15) is 8.42 Å². The van der Waals surface area contributed by atoms with Crippen molar-refractivity contribution in [2.24, 2.45) is 4.99 Å². The summed E-state index contributed by atoms with van der Waals surface area (Å²) < 4.78 is 25.8. The number of nitrogens with zero attached hydrogens (tertiary/aromatic N) is 2. The van der Waals surface area contributed by atoms with Crippen molar-refractivity contribution in [1.29, 1.82) is 0 Å². The first-order chi connectivity index (χ1) is 12.4. The summed E-state index contributed by atoms with van der Waals surface area (Å²) in [5.41, 5.74) is 3.47. The zero-order chi connectivity index (χ0) is 19.2. The molecule has 0 saturated carbocycles. The molecular formula is C19H26N4O2S. The van der Waals surface area contributed by atoms with Gasteiger partial charge in [-0.25, -0.2) is 13.1 Å². The number of benzene rings is 2. The van der Waals surface area contributed by atoms with Crippen LogP contribution in [-0.4, -0.2) is 40.4 Å². The summed E-state index contributed by atoms with van der Waals surface area (Å²) in [6, 6.07) is 15.1. The van der Waals surface area contributed by atoms with Crippen molar-refractivity contribution in [2.75, 3.05) is 21.1 Å². The van der Waals surface area contributed by atoms with Gasteiger partial charge in [0.1, 0.15) is 0 Å². The maximum Gasteiger partial charge on any atom is 0.240 e. The first-order valence-electron chi connectivity index (χ1n) is 8.36. The third kappa shape index (κ3) is 5.06. The van der Waals surface area contributed by atoms with Gasteiger partial charge in [-0.1, -0.05) is 36.4 Å². The van der Waals surface area contributed by atoms with E-state index < -0.39 is 10.0 Å². The number of aliphatic imine (C=N–C) groups is 1. The van der Waals surface area contributed by atoms with Crippen molar-refractivity contribution in [3.8, 4) is 0 Å². The van der Waals surface area contributed by atoms with Crippen molar-refractivity contribution in [3.05, 3.63) is 65.2 Å². The fourth-order valence-corrected chi connectivity index (χ4v) is 3.32. The molecule has 2 N–H and O–H groups in total. The maximum absolute atomic E-state index is 11.8. The van der Waals surface area contributed by atoms with Gasteiger partial charge in [0.05, 0.1) is 4.90 Å². The Labute approximate surface area is 156 Å². The normalized spacial score (nSPS) is 12.1. The van der Waals surface area contributed by atoms with Gasteiger partial charge in [-0.3, -0.25) is 4.99 Å². The molecule has 2 aromatic carbocycles. The number of sulfonamides is 1. The second-order valence-electron chi connectivity index (χ2n) is 6.03. The predicted molar refractivity (Wildman–Crippen MR) is 106 cm³/mol. The zero-order valence-electron chi connectivity index (χ0n) is 15.7. The van der Waals surface area contributed by atoms with E-state index in [1.807, 2.05) is 19.2 Å². The molecule has 26 heavy (non-hydrogen) atoms. The smallest absolute Gasteiger partial charge is 0.240 e. The van der Waals surface area contributed by atoms with E-state index in [1.54, 1.807) is 31.3 Å². The van der Waals surface area contributed by atoms with Crippen LogP contribution in [0.25, 0.3) is 0 Å². The van der Waals surface area contributed by atoms with Crippen LogP contribution < -0.4 is 10.0 Å². The summed E-state index contributed by atoms with van der Waals surface area (Å²) in [5.74, 6) is 0.778. The van der Waals surface area contributed by atoms with Gasteiger partial charge < -0.3 is 10.2 Å². The Morgan fingerprint density at radius 1 is 1.12 bits per heavy atom. The van der Waals surface area contributed by atoms with E-state index in [0.717, 1.165) is 18.1 Å². The van der Waals surface area contributed by atoms with Gasteiger partial charge in [-0.2, -0.15) is 0 Å². The lowest BCUT2D eigenvalue weighted by Gasteiger charge is -2.23. The van der Waals surface area contributed by atoms with E-state index in [1.165, 1.54) is 18.2 Å². The molecule has 0 spiro atoms. The molecule has 7 heteroatoms. The average molecular weight is 375 g/mol. The maximum atomic E-state index is 11.8. The highest BCUT2D eigenvalue weighted by atomic mass is 32.2. The highest BCUT2D eigenvalue weighted by molar-refractivity contribution is 7.89. The van der Waals surface area contributed by atoms with Crippen molar-refractivity contribution in [3.63, 3.8) is 0 Å². The quantitative estimate of drug-likeness (QED) is 0.600. The van der Waals surface area contributed by atoms with E-state index in [-0.39, 0.29) is 4.90 Å². The lowest BCUT2D eigenvalue weighted by atomic mass is 10.1. The minimum absolute atomic E-state index is 0.254. The third-order valence-electron chi connectivity index (χ3n) is 4.20. The molecule has 0 heterocycles. The molecule has 2 rings (SSSR count). The number of rotatable bonds is 6. The first kappa shape index (κ1) is 19.9. The SMILES string of the molecule is CN=C(NCc1ccc(S(=O)(=O)NC)cc1)N(C)Cc1ccccc1C. The summed E-state index contributed by atoms with van der Waals surface area (Å²) in [6.07, 6.45) is 0. The van der Waals surface area contributed by atoms with E-state index in [0.29, 0.717) is 6.54 Å². The number of aryl methyl sites for hydroxylation is 1. The van der Waals surface area contributed by atoms with E-state index in [4.69, 9.17) is 0 Å². The molecule has 0 unspecified atom stereocenters. The number of hydrogen-bond donors (Lipinski definition) is 2. The van der Waals surface area contributed by atoms with Gasteiger partial charge in [0, 0.05) is 27.2 Å². The summed E-state index contributed by atoms with van der Waals surface area (Å²) >= 11 is 0. The molecule has 0 aliphatic heterocycles. The van der Waals surface area contributed by atoms with Crippen LogP contribution in [0, 0.1) is 6.92 Å². The summed E-state index contributed by atoms with van der Waals surface area (Å²) in [6.45, 7) is 3.41. The molecule has 2 aromatic rings. The minimum atomic E-state index is -3.41. The second kappa shape index (κ2) is 8.82. The van der Waals surface area contributed by atoms with Crippen LogP contribution in [0.3, 0.4) is 0 Å². The molecule has 0 aliphatic carbocycles. The van der Waals surface area contributed by atoms with Gasteiger partial charge in [0.2, 0.25) is 10.0 Å². The Bertz CT molecular complexity index is 861. The van der Waals surface area contributed by atoms with Crippen LogP contribution in [-0.2, 0) is 23.1 Å². The van der Waals surface area contributed by atoms with Crippen molar-refractivity contribution in [2.45, 2.75) is 24.9 Å². The Morgan fingerprint density at radius 2 is 1.77 bits per heavy atom. The van der Waals surface area contributed by atoms with E-state index >= 15 is 0 Å². The van der Waals surface area contributed by atoms with Crippen LogP contribution in [0.15, 0.2) is 58.4 Å². The molecule has 0 aromatic heterocycles. The Kier molecular flexibility index (Phi) is 6.76. The van der Waals surface area contributed by atoms with Gasteiger partial charge >= 0.3 is 0 Å². The topological polar surface area (TPSA) is 73.8 Å². The van der Waals surface area contributed by atoms with Crippen LogP contribution >= 0.6 is 0 Å². The fraction of sp³-hybridized carbons (Fsp3) is 0.316. The predicted octanol–water partition coefficient (Wildman–Crippen LogP) is 2.11. The molecule has 0 atom stereocenters. The van der Waals surface area contributed by atoms with Gasteiger partial charge in [0.15, 0.2) is 5.96 Å². The molecule has 0 saturated heterocycles. The van der Waals surface area contributed by atoms with Crippen molar-refractivity contribution < 1.29 is 8.42 Å². The van der Waals surface area contributed by atoms with Crippen LogP contribution in [0.5, 0.6) is 0 Å². The number of hydrogen-bond acceptors (Lipinski definition) is 3. The molecule has 6 nitrogen and oxygen atoms in total. The molecule has 140 valence electrons. The van der Waals surface area contributed by atoms with Gasteiger partial charge in [0.25, 0.3) is 0 Å². The summed E-state index contributed by atoms with van der Waals surface area (Å²) in [4.78, 5) is 6.64.